The lowest BCUT2D eigenvalue weighted by Gasteiger charge is -2.17. The van der Waals surface area contributed by atoms with Crippen LogP contribution in [0.4, 0.5) is 8.78 Å². The van der Waals surface area contributed by atoms with E-state index in [4.69, 9.17) is 0 Å². The third-order valence-corrected chi connectivity index (χ3v) is 4.99. The summed E-state index contributed by atoms with van der Waals surface area (Å²) in [6, 6.07) is 10.7. The normalized spacial score (nSPS) is 13.1. The van der Waals surface area contributed by atoms with Crippen molar-refractivity contribution in [2.24, 2.45) is 0 Å². The van der Waals surface area contributed by atoms with E-state index in [0.717, 1.165) is 17.7 Å². The Balaban J connectivity index is 2.32. The molecule has 1 N–H and O–H groups in total. The molecule has 0 radical (unpaired) electrons. The topological polar surface area (TPSA) is 46.2 Å². The molecule has 21 heavy (non-hydrogen) atoms. The van der Waals surface area contributed by atoms with E-state index in [9.17, 15) is 17.2 Å². The lowest BCUT2D eigenvalue weighted by Crippen LogP contribution is -2.30. The third kappa shape index (κ3) is 3.87. The van der Waals surface area contributed by atoms with Gasteiger partial charge in [0.15, 0.2) is 0 Å². The summed E-state index contributed by atoms with van der Waals surface area (Å²) in [7, 11) is -4.09. The fourth-order valence-corrected chi connectivity index (χ4v) is 3.85. The molecular formula is C14H12BrF2NO2S. The van der Waals surface area contributed by atoms with Crippen molar-refractivity contribution < 1.29 is 17.2 Å². The maximum atomic E-state index is 13.6. The summed E-state index contributed by atoms with van der Waals surface area (Å²) < 4.78 is 53.3. The molecule has 0 heterocycles. The largest absolute Gasteiger partial charge is 0.244 e. The number of hydrogen-bond donors (Lipinski definition) is 1. The van der Waals surface area contributed by atoms with Crippen LogP contribution in [0, 0.1) is 11.6 Å². The molecule has 0 aliphatic rings. The fraction of sp³-hybridized carbons (Fsp3) is 0.143. The zero-order chi connectivity index (χ0) is 15.5. The monoisotopic (exact) mass is 375 g/mol. The number of halogens is 3. The Bertz CT molecular complexity index is 723. The third-order valence-electron chi connectivity index (χ3n) is 2.84. The van der Waals surface area contributed by atoms with E-state index in [1.165, 1.54) is 0 Å². The second-order valence-electron chi connectivity index (χ2n) is 4.31. The highest BCUT2D eigenvalue weighted by Gasteiger charge is 2.23. The molecule has 0 aliphatic carbocycles. The predicted molar refractivity (Wildman–Crippen MR) is 79.7 cm³/mol. The summed E-state index contributed by atoms with van der Waals surface area (Å²) in [4.78, 5) is -0.578. The minimum Gasteiger partial charge on any atom is -0.207 e. The molecule has 0 aromatic heterocycles. The van der Waals surface area contributed by atoms with Crippen LogP contribution in [0.3, 0.4) is 0 Å². The van der Waals surface area contributed by atoms with Crippen LogP contribution in [0.5, 0.6) is 0 Å². The number of rotatable bonds is 5. The van der Waals surface area contributed by atoms with Crippen LogP contribution in [0.1, 0.15) is 11.6 Å². The molecule has 0 aliphatic heterocycles. The van der Waals surface area contributed by atoms with Gasteiger partial charge < -0.3 is 0 Å². The Morgan fingerprint density at radius 1 is 1.10 bits per heavy atom. The molecule has 0 bridgehead atoms. The molecule has 1 unspecified atom stereocenters. The van der Waals surface area contributed by atoms with Crippen molar-refractivity contribution in [2.45, 2.75) is 10.9 Å². The SMILES string of the molecule is O=S(=O)(NC(CBr)c1ccccc1)c1ccc(F)cc1F. The predicted octanol–water partition coefficient (Wildman–Crippen LogP) is 3.38. The summed E-state index contributed by atoms with van der Waals surface area (Å²) in [5.41, 5.74) is 0.737. The van der Waals surface area contributed by atoms with Gasteiger partial charge in [-0.15, -0.1) is 0 Å². The van der Waals surface area contributed by atoms with Gasteiger partial charge in [0.25, 0.3) is 0 Å². The highest BCUT2D eigenvalue weighted by molar-refractivity contribution is 9.09. The van der Waals surface area contributed by atoms with Gasteiger partial charge in [0.05, 0.1) is 6.04 Å². The van der Waals surface area contributed by atoms with Gasteiger partial charge in [-0.05, 0) is 17.7 Å². The molecule has 0 saturated carbocycles. The lowest BCUT2D eigenvalue weighted by atomic mass is 10.1. The van der Waals surface area contributed by atoms with Gasteiger partial charge in [-0.25, -0.2) is 21.9 Å². The molecule has 2 aromatic rings. The van der Waals surface area contributed by atoms with Gasteiger partial charge in [0.2, 0.25) is 10.0 Å². The zero-order valence-corrected chi connectivity index (χ0v) is 13.2. The first-order valence-electron chi connectivity index (χ1n) is 6.02. The molecule has 0 saturated heterocycles. The summed E-state index contributed by atoms with van der Waals surface area (Å²) in [5.74, 6) is -1.95. The van der Waals surface area contributed by atoms with Crippen LogP contribution in [-0.4, -0.2) is 13.7 Å². The standard InChI is InChI=1S/C14H12BrF2NO2S/c15-9-13(10-4-2-1-3-5-10)18-21(19,20)14-7-6-11(16)8-12(14)17/h1-8,13,18H,9H2. The smallest absolute Gasteiger partial charge is 0.207 e. The molecule has 7 heteroatoms. The molecule has 2 aromatic carbocycles. The van der Waals surface area contributed by atoms with Crippen molar-refractivity contribution in [1.82, 2.24) is 4.72 Å². The van der Waals surface area contributed by atoms with Crippen LogP contribution in [0.25, 0.3) is 0 Å². The van der Waals surface area contributed by atoms with Crippen LogP contribution in [0.2, 0.25) is 0 Å². The molecule has 0 amide bonds. The van der Waals surface area contributed by atoms with Crippen molar-refractivity contribution in [2.75, 3.05) is 5.33 Å². The average Bonchev–Trinajstić information content (AvgIpc) is 2.45. The molecule has 1 atom stereocenters. The molecule has 0 spiro atoms. The van der Waals surface area contributed by atoms with Gasteiger partial charge in [-0.1, -0.05) is 46.3 Å². The van der Waals surface area contributed by atoms with Crippen LogP contribution >= 0.6 is 15.9 Å². The lowest BCUT2D eigenvalue weighted by molar-refractivity contribution is 0.537. The van der Waals surface area contributed by atoms with E-state index in [-0.39, 0.29) is 0 Å². The molecular weight excluding hydrogens is 364 g/mol. The van der Waals surface area contributed by atoms with Crippen molar-refractivity contribution in [1.29, 1.82) is 0 Å². The van der Waals surface area contributed by atoms with E-state index in [0.29, 0.717) is 11.4 Å². The summed E-state index contributed by atoms with van der Waals surface area (Å²) in [6.45, 7) is 0. The van der Waals surface area contributed by atoms with Gasteiger partial charge >= 0.3 is 0 Å². The Morgan fingerprint density at radius 2 is 1.76 bits per heavy atom. The molecule has 3 nitrogen and oxygen atoms in total. The Kier molecular flexibility index (Phi) is 5.08. The second kappa shape index (κ2) is 6.64. The zero-order valence-electron chi connectivity index (χ0n) is 10.8. The molecule has 112 valence electrons. The number of sulfonamides is 1. The van der Waals surface area contributed by atoms with E-state index in [1.807, 2.05) is 6.07 Å². The number of alkyl halides is 1. The molecule has 0 fully saturated rings. The Morgan fingerprint density at radius 3 is 2.33 bits per heavy atom. The first-order valence-corrected chi connectivity index (χ1v) is 8.63. The van der Waals surface area contributed by atoms with E-state index >= 15 is 0 Å². The minimum atomic E-state index is -4.09. The van der Waals surface area contributed by atoms with Crippen molar-refractivity contribution in [3.63, 3.8) is 0 Å². The summed E-state index contributed by atoms with van der Waals surface area (Å²) >= 11 is 3.23. The maximum Gasteiger partial charge on any atom is 0.244 e. The van der Waals surface area contributed by atoms with E-state index < -0.39 is 32.6 Å². The first-order chi connectivity index (χ1) is 9.94. The maximum absolute atomic E-state index is 13.6. The highest BCUT2D eigenvalue weighted by atomic mass is 79.9. The van der Waals surface area contributed by atoms with Gasteiger partial charge in [-0.2, -0.15) is 0 Å². The average molecular weight is 376 g/mol. The van der Waals surface area contributed by atoms with Gasteiger partial charge in [0, 0.05) is 11.4 Å². The van der Waals surface area contributed by atoms with Crippen LogP contribution < -0.4 is 4.72 Å². The molecule has 2 rings (SSSR count). The second-order valence-corrected chi connectivity index (χ2v) is 6.64. The van der Waals surface area contributed by atoms with Crippen LogP contribution in [0.15, 0.2) is 53.4 Å². The Hall–Kier alpha value is -1.31. The van der Waals surface area contributed by atoms with Gasteiger partial charge in [0.1, 0.15) is 16.5 Å². The number of hydrogen-bond acceptors (Lipinski definition) is 2. The van der Waals surface area contributed by atoms with Crippen LogP contribution in [-0.2, 0) is 10.0 Å². The quantitative estimate of drug-likeness (QED) is 0.814. The fourth-order valence-electron chi connectivity index (χ4n) is 1.82. The number of nitrogens with one attached hydrogen (secondary N) is 1. The van der Waals surface area contributed by atoms with Gasteiger partial charge in [-0.3, -0.25) is 0 Å². The minimum absolute atomic E-state index is 0.319. The summed E-state index contributed by atoms with van der Waals surface area (Å²) in [5, 5.41) is 0.319. The van der Waals surface area contributed by atoms with Crippen molar-refractivity contribution in [3.8, 4) is 0 Å². The van der Waals surface area contributed by atoms with E-state index in [2.05, 4.69) is 20.7 Å². The van der Waals surface area contributed by atoms with Crippen molar-refractivity contribution in [3.05, 3.63) is 65.7 Å². The highest BCUT2D eigenvalue weighted by Crippen LogP contribution is 2.21. The Labute approximate surface area is 130 Å². The number of benzene rings is 2. The van der Waals surface area contributed by atoms with Crippen molar-refractivity contribution >= 4 is 26.0 Å². The first kappa shape index (κ1) is 16.1. The summed E-state index contributed by atoms with van der Waals surface area (Å²) in [6.07, 6.45) is 0. The van der Waals surface area contributed by atoms with E-state index in [1.54, 1.807) is 24.3 Å².